The number of nitrogens with zero attached hydrogens (tertiary/aromatic N) is 3. The van der Waals surface area contributed by atoms with E-state index in [0.29, 0.717) is 32.5 Å². The van der Waals surface area contributed by atoms with Gasteiger partial charge in [0.15, 0.2) is 0 Å². The lowest BCUT2D eigenvalue weighted by atomic mass is 10.1. The van der Waals surface area contributed by atoms with Crippen molar-refractivity contribution < 1.29 is 9.59 Å². The molecule has 1 aliphatic rings. The van der Waals surface area contributed by atoms with E-state index in [9.17, 15) is 9.59 Å². The molecule has 2 amide bonds. The largest absolute Gasteiger partial charge is 0.351 e. The summed E-state index contributed by atoms with van der Waals surface area (Å²) in [5.41, 5.74) is 0.988. The predicted octanol–water partition coefficient (Wildman–Crippen LogP) is 2.33. The van der Waals surface area contributed by atoms with E-state index in [1.165, 1.54) is 0 Å². The lowest BCUT2D eigenvalue weighted by Gasteiger charge is -2.33. The lowest BCUT2D eigenvalue weighted by Crippen LogP contribution is -2.42. The first-order valence-electron chi connectivity index (χ1n) is 8.26. The summed E-state index contributed by atoms with van der Waals surface area (Å²) in [6.07, 6.45) is 3.45. The van der Waals surface area contributed by atoms with Crippen LogP contribution in [0.25, 0.3) is 0 Å². The Bertz CT molecular complexity index is 695. The third-order valence-corrected chi connectivity index (χ3v) is 5.04. The highest BCUT2D eigenvalue weighted by Gasteiger charge is 2.29. The molecule has 0 spiro atoms. The zero-order valence-electron chi connectivity index (χ0n) is 13.8. The summed E-state index contributed by atoms with van der Waals surface area (Å²) in [7, 11) is 0. The van der Waals surface area contributed by atoms with Crippen LogP contribution in [0.5, 0.6) is 0 Å². The van der Waals surface area contributed by atoms with Crippen LogP contribution in [0, 0.1) is 0 Å². The second-order valence-corrected chi connectivity index (χ2v) is 7.04. The minimum Gasteiger partial charge on any atom is -0.351 e. The molecule has 6 nitrogen and oxygen atoms in total. The fraction of sp³-hybridized carbons (Fsp3) is 0.471. The van der Waals surface area contributed by atoms with Crippen LogP contribution in [0.4, 0.5) is 0 Å². The molecule has 24 heavy (non-hydrogen) atoms. The van der Waals surface area contributed by atoms with E-state index in [1.807, 2.05) is 40.1 Å². The molecule has 0 aromatic carbocycles. The number of hydrogen-bond acceptors (Lipinski definition) is 4. The second kappa shape index (κ2) is 7.61. The average molecular weight is 346 g/mol. The van der Waals surface area contributed by atoms with E-state index >= 15 is 0 Å². The molecule has 0 bridgehead atoms. The van der Waals surface area contributed by atoms with Gasteiger partial charge in [-0.25, -0.2) is 0 Å². The standard InChI is InChI=1S/C17H22N4O2S/c1-2-4-17(23)20-11-13-6-7-19-21(13)14(12-20)9-16(22)18-10-15-5-3-8-24-15/h3,5-8,14H,2,4,9-12H2,1H3,(H,18,22)/t14-/m1/s1. The van der Waals surface area contributed by atoms with Crippen molar-refractivity contribution in [1.29, 1.82) is 0 Å². The summed E-state index contributed by atoms with van der Waals surface area (Å²) in [4.78, 5) is 27.5. The van der Waals surface area contributed by atoms with Crippen LogP contribution in [-0.2, 0) is 22.7 Å². The zero-order valence-corrected chi connectivity index (χ0v) is 14.6. The van der Waals surface area contributed by atoms with Crippen molar-refractivity contribution in [3.63, 3.8) is 0 Å². The fourth-order valence-corrected chi connectivity index (χ4v) is 3.63. The van der Waals surface area contributed by atoms with E-state index in [0.717, 1.165) is 17.0 Å². The summed E-state index contributed by atoms with van der Waals surface area (Å²) in [5.74, 6) is 0.133. The van der Waals surface area contributed by atoms with Crippen molar-refractivity contribution in [3.05, 3.63) is 40.3 Å². The number of thiophene rings is 1. The normalized spacial score (nSPS) is 16.7. The molecule has 7 heteroatoms. The van der Waals surface area contributed by atoms with Crippen LogP contribution in [0.1, 0.15) is 42.8 Å². The number of rotatable bonds is 6. The second-order valence-electron chi connectivity index (χ2n) is 6.01. The average Bonchev–Trinajstić information content (AvgIpc) is 3.24. The first-order valence-corrected chi connectivity index (χ1v) is 9.14. The fourth-order valence-electron chi connectivity index (χ4n) is 2.99. The van der Waals surface area contributed by atoms with Crippen molar-refractivity contribution in [3.8, 4) is 0 Å². The molecule has 1 atom stereocenters. The highest BCUT2D eigenvalue weighted by molar-refractivity contribution is 7.09. The highest BCUT2D eigenvalue weighted by atomic mass is 32.1. The van der Waals surface area contributed by atoms with Gasteiger partial charge in [-0.15, -0.1) is 11.3 Å². The van der Waals surface area contributed by atoms with E-state index in [1.54, 1.807) is 17.5 Å². The lowest BCUT2D eigenvalue weighted by molar-refractivity contribution is -0.134. The maximum absolute atomic E-state index is 12.3. The summed E-state index contributed by atoms with van der Waals surface area (Å²) in [6, 6.07) is 5.79. The van der Waals surface area contributed by atoms with Crippen LogP contribution < -0.4 is 5.32 Å². The summed E-state index contributed by atoms with van der Waals surface area (Å²) >= 11 is 1.63. The molecule has 0 saturated heterocycles. The summed E-state index contributed by atoms with van der Waals surface area (Å²) in [5, 5.41) is 9.29. The third-order valence-electron chi connectivity index (χ3n) is 4.16. The summed E-state index contributed by atoms with van der Waals surface area (Å²) in [6.45, 7) is 3.67. The molecule has 1 N–H and O–H groups in total. The van der Waals surface area contributed by atoms with Gasteiger partial charge >= 0.3 is 0 Å². The minimum atomic E-state index is -0.104. The Morgan fingerprint density at radius 3 is 3.04 bits per heavy atom. The number of fused-ring (bicyclic) bond motifs is 1. The van der Waals surface area contributed by atoms with E-state index in [4.69, 9.17) is 0 Å². The SMILES string of the molecule is CCCC(=O)N1Cc2ccnn2[C@H](CC(=O)NCc2cccs2)C1. The van der Waals surface area contributed by atoms with Gasteiger partial charge in [-0.3, -0.25) is 14.3 Å². The Balaban J connectivity index is 1.63. The van der Waals surface area contributed by atoms with Gasteiger partial charge in [0.25, 0.3) is 0 Å². The Morgan fingerprint density at radius 2 is 2.29 bits per heavy atom. The van der Waals surface area contributed by atoms with Gasteiger partial charge in [-0.05, 0) is 23.9 Å². The smallest absolute Gasteiger partial charge is 0.222 e. The van der Waals surface area contributed by atoms with Crippen LogP contribution in [0.2, 0.25) is 0 Å². The Hall–Kier alpha value is -2.15. The summed E-state index contributed by atoms with van der Waals surface area (Å²) < 4.78 is 1.89. The Labute approximate surface area is 145 Å². The number of hydrogen-bond donors (Lipinski definition) is 1. The molecular weight excluding hydrogens is 324 g/mol. The van der Waals surface area contributed by atoms with E-state index in [-0.39, 0.29) is 17.9 Å². The van der Waals surface area contributed by atoms with Gasteiger partial charge in [0.1, 0.15) is 0 Å². The Morgan fingerprint density at radius 1 is 1.42 bits per heavy atom. The van der Waals surface area contributed by atoms with Gasteiger partial charge in [0.05, 0.1) is 31.2 Å². The molecule has 2 aromatic heterocycles. The van der Waals surface area contributed by atoms with E-state index < -0.39 is 0 Å². The van der Waals surface area contributed by atoms with Crippen LogP contribution in [0.3, 0.4) is 0 Å². The molecule has 128 valence electrons. The van der Waals surface area contributed by atoms with Gasteiger partial charge < -0.3 is 10.2 Å². The van der Waals surface area contributed by atoms with Gasteiger partial charge in [0, 0.05) is 24.0 Å². The molecular formula is C17H22N4O2S. The quantitative estimate of drug-likeness (QED) is 0.873. The minimum absolute atomic E-state index is 0.0142. The number of carbonyl (C=O) groups is 2. The van der Waals surface area contributed by atoms with Crippen molar-refractivity contribution in [1.82, 2.24) is 20.0 Å². The maximum atomic E-state index is 12.3. The topological polar surface area (TPSA) is 67.2 Å². The molecule has 0 fully saturated rings. The van der Waals surface area contributed by atoms with Gasteiger partial charge in [-0.1, -0.05) is 13.0 Å². The molecule has 0 unspecified atom stereocenters. The van der Waals surface area contributed by atoms with Gasteiger partial charge in [-0.2, -0.15) is 5.10 Å². The predicted molar refractivity (Wildman–Crippen MR) is 92.4 cm³/mol. The third kappa shape index (κ3) is 3.84. The van der Waals surface area contributed by atoms with Crippen LogP contribution in [-0.4, -0.2) is 33.0 Å². The highest BCUT2D eigenvalue weighted by Crippen LogP contribution is 2.23. The molecule has 3 heterocycles. The Kier molecular flexibility index (Phi) is 5.30. The number of nitrogens with one attached hydrogen (secondary N) is 1. The van der Waals surface area contributed by atoms with Crippen LogP contribution in [0.15, 0.2) is 29.8 Å². The molecule has 0 saturated carbocycles. The maximum Gasteiger partial charge on any atom is 0.222 e. The monoisotopic (exact) mass is 346 g/mol. The van der Waals surface area contributed by atoms with Crippen molar-refractivity contribution in [2.24, 2.45) is 0 Å². The zero-order chi connectivity index (χ0) is 16.9. The van der Waals surface area contributed by atoms with Crippen molar-refractivity contribution >= 4 is 23.2 Å². The first-order chi connectivity index (χ1) is 11.7. The van der Waals surface area contributed by atoms with Crippen molar-refractivity contribution in [2.75, 3.05) is 6.54 Å². The van der Waals surface area contributed by atoms with Gasteiger partial charge in [0.2, 0.25) is 11.8 Å². The number of carbonyl (C=O) groups excluding carboxylic acids is 2. The molecule has 0 aliphatic carbocycles. The first kappa shape index (κ1) is 16.7. The molecule has 2 aromatic rings. The van der Waals surface area contributed by atoms with Crippen molar-refractivity contribution in [2.45, 2.75) is 45.3 Å². The van der Waals surface area contributed by atoms with Crippen LogP contribution >= 0.6 is 11.3 Å². The number of aromatic nitrogens is 2. The molecule has 3 rings (SSSR count). The number of amides is 2. The molecule has 0 radical (unpaired) electrons. The molecule has 1 aliphatic heterocycles. The van der Waals surface area contributed by atoms with E-state index in [2.05, 4.69) is 10.4 Å².